The van der Waals surface area contributed by atoms with E-state index in [1.807, 2.05) is 0 Å². The molecule has 2 atom stereocenters. The summed E-state index contributed by atoms with van der Waals surface area (Å²) in [5.41, 5.74) is 5.64. The molecule has 1 saturated heterocycles. The zero-order valence-corrected chi connectivity index (χ0v) is 15.0. The molecule has 1 aliphatic heterocycles. The van der Waals surface area contributed by atoms with Gasteiger partial charge in [-0.1, -0.05) is 19.1 Å². The topological polar surface area (TPSA) is 128 Å². The molecule has 0 saturated carbocycles. The second-order valence-corrected chi connectivity index (χ2v) is 6.28. The van der Waals surface area contributed by atoms with Gasteiger partial charge < -0.3 is 21.2 Å². The van der Waals surface area contributed by atoms with Crippen molar-refractivity contribution in [1.29, 1.82) is 0 Å². The van der Waals surface area contributed by atoms with Gasteiger partial charge in [0.25, 0.3) is 5.91 Å². The van der Waals surface area contributed by atoms with Gasteiger partial charge in [-0.2, -0.15) is 5.10 Å². The van der Waals surface area contributed by atoms with Crippen molar-refractivity contribution in [2.45, 2.75) is 44.8 Å². The number of carbonyl (C=O) groups is 3. The van der Waals surface area contributed by atoms with Gasteiger partial charge in [0.2, 0.25) is 0 Å². The summed E-state index contributed by atoms with van der Waals surface area (Å²) in [4.78, 5) is 38.3. The van der Waals surface area contributed by atoms with Crippen LogP contribution in [-0.2, 0) is 19.1 Å². The second-order valence-electron chi connectivity index (χ2n) is 6.28. The Morgan fingerprint density at radius 1 is 1.38 bits per heavy atom. The predicted octanol–water partition coefficient (Wildman–Crippen LogP) is 0.714. The summed E-state index contributed by atoms with van der Waals surface area (Å²) in [6.45, 7) is 3.39. The van der Waals surface area contributed by atoms with Gasteiger partial charge in [0.15, 0.2) is 17.4 Å². The minimum absolute atomic E-state index is 0.107. The first-order valence-corrected chi connectivity index (χ1v) is 8.49. The average Bonchev–Trinajstić information content (AvgIpc) is 2.63. The third-order valence-corrected chi connectivity index (χ3v) is 4.62. The molecule has 1 heterocycles. The minimum Gasteiger partial charge on any atom is -0.451 e. The molecule has 1 amide bonds. The fourth-order valence-corrected chi connectivity index (χ4v) is 2.81. The number of anilines is 1. The quantitative estimate of drug-likeness (QED) is 0.253. The molecule has 1 aromatic carbocycles. The van der Waals surface area contributed by atoms with E-state index in [2.05, 4.69) is 5.10 Å². The molecule has 1 aromatic rings. The average molecular weight is 360 g/mol. The Bertz CT molecular complexity index is 716. The van der Waals surface area contributed by atoms with Crippen molar-refractivity contribution < 1.29 is 19.1 Å². The minimum atomic E-state index is -1.72. The second kappa shape index (κ2) is 8.09. The Kier molecular flexibility index (Phi) is 6.10. The Morgan fingerprint density at radius 2 is 2.04 bits per heavy atom. The van der Waals surface area contributed by atoms with Crippen molar-refractivity contribution in [1.82, 2.24) is 0 Å². The van der Waals surface area contributed by atoms with Crippen LogP contribution in [0.4, 0.5) is 5.69 Å². The van der Waals surface area contributed by atoms with Crippen LogP contribution in [0.2, 0.25) is 0 Å². The van der Waals surface area contributed by atoms with Gasteiger partial charge >= 0.3 is 5.97 Å². The van der Waals surface area contributed by atoms with E-state index in [1.165, 1.54) is 13.1 Å². The van der Waals surface area contributed by atoms with E-state index in [4.69, 9.17) is 16.3 Å². The first kappa shape index (κ1) is 19.6. The van der Waals surface area contributed by atoms with Crippen LogP contribution in [0.5, 0.6) is 0 Å². The van der Waals surface area contributed by atoms with E-state index < -0.39 is 23.4 Å². The summed E-state index contributed by atoms with van der Waals surface area (Å²) in [6, 6.07) is 7.11. The lowest BCUT2D eigenvalue weighted by molar-refractivity contribution is -0.163. The fourth-order valence-electron chi connectivity index (χ4n) is 2.81. The lowest BCUT2D eigenvalue weighted by atomic mass is 9.93. The fraction of sp³-hybridized carbons (Fsp3) is 0.444. The predicted molar refractivity (Wildman–Crippen MR) is 97.6 cm³/mol. The van der Waals surface area contributed by atoms with Gasteiger partial charge in [-0.15, -0.1) is 0 Å². The number of piperidine rings is 1. The highest BCUT2D eigenvalue weighted by Gasteiger charge is 2.42. The van der Waals surface area contributed by atoms with Crippen molar-refractivity contribution >= 4 is 29.6 Å². The maximum absolute atomic E-state index is 12.7. The number of Topliss-reactive ketones (excluding diaryl/α,β-unsaturated/α-hetero) is 1. The maximum Gasteiger partial charge on any atom is 0.334 e. The third kappa shape index (κ3) is 3.91. The third-order valence-electron chi connectivity index (χ3n) is 4.62. The summed E-state index contributed by atoms with van der Waals surface area (Å²) < 4.78 is 5.32. The lowest BCUT2D eigenvalue weighted by Gasteiger charge is -2.33. The van der Waals surface area contributed by atoms with Crippen LogP contribution in [0, 0.1) is 0 Å². The number of hydrogen-bond donors (Lipinski definition) is 2. The summed E-state index contributed by atoms with van der Waals surface area (Å²) in [5.74, 6) is 3.45. The van der Waals surface area contributed by atoms with E-state index in [0.717, 1.165) is 5.56 Å². The zero-order valence-electron chi connectivity index (χ0n) is 15.0. The van der Waals surface area contributed by atoms with E-state index in [-0.39, 0.29) is 12.3 Å². The Morgan fingerprint density at radius 3 is 2.58 bits per heavy atom. The number of benzene rings is 1. The Labute approximate surface area is 152 Å². The zero-order chi connectivity index (χ0) is 19.3. The molecule has 4 N–H and O–H groups in total. The summed E-state index contributed by atoms with van der Waals surface area (Å²) in [6.07, 6.45) is 1.72. The Balaban J connectivity index is 2.14. The van der Waals surface area contributed by atoms with Crippen LogP contribution < -0.4 is 16.5 Å². The number of nitrogens with two attached hydrogens (primary N) is 2. The first-order valence-electron chi connectivity index (χ1n) is 8.49. The number of ketones is 1. The number of esters is 1. The monoisotopic (exact) mass is 360 g/mol. The van der Waals surface area contributed by atoms with Crippen LogP contribution in [0.1, 0.15) is 38.7 Å². The van der Waals surface area contributed by atoms with Crippen molar-refractivity contribution in [3.63, 3.8) is 0 Å². The van der Waals surface area contributed by atoms with Crippen LogP contribution in [0.25, 0.3) is 0 Å². The SMILES string of the molecule is CCC(N)(C(C)=O)C(=O)OC1CCCN(c2ccc(C=NN)cc2)C1=O. The van der Waals surface area contributed by atoms with Crippen molar-refractivity contribution in [3.8, 4) is 0 Å². The molecule has 140 valence electrons. The van der Waals surface area contributed by atoms with Gasteiger partial charge in [0, 0.05) is 12.2 Å². The van der Waals surface area contributed by atoms with E-state index in [0.29, 0.717) is 25.1 Å². The van der Waals surface area contributed by atoms with Gasteiger partial charge in [0.05, 0.1) is 6.21 Å². The normalized spacial score (nSPS) is 20.0. The molecule has 2 rings (SSSR count). The van der Waals surface area contributed by atoms with E-state index >= 15 is 0 Å². The van der Waals surface area contributed by atoms with E-state index in [9.17, 15) is 14.4 Å². The van der Waals surface area contributed by atoms with Gasteiger partial charge in [-0.3, -0.25) is 9.59 Å². The van der Waals surface area contributed by atoms with Crippen molar-refractivity contribution in [2.75, 3.05) is 11.4 Å². The molecule has 0 bridgehead atoms. The smallest absolute Gasteiger partial charge is 0.334 e. The highest BCUT2D eigenvalue weighted by Crippen LogP contribution is 2.24. The molecule has 1 aliphatic rings. The van der Waals surface area contributed by atoms with E-state index in [1.54, 1.807) is 36.1 Å². The molecular formula is C18H24N4O4. The number of hydrogen-bond acceptors (Lipinski definition) is 7. The molecule has 8 nitrogen and oxygen atoms in total. The molecule has 0 aliphatic carbocycles. The molecule has 8 heteroatoms. The molecule has 2 unspecified atom stereocenters. The van der Waals surface area contributed by atoms with Crippen LogP contribution >= 0.6 is 0 Å². The number of nitrogens with zero attached hydrogens (tertiary/aromatic N) is 2. The van der Waals surface area contributed by atoms with Gasteiger partial charge in [-0.05, 0) is 43.9 Å². The molecular weight excluding hydrogens is 336 g/mol. The number of rotatable bonds is 6. The van der Waals surface area contributed by atoms with Crippen LogP contribution in [0.15, 0.2) is 29.4 Å². The largest absolute Gasteiger partial charge is 0.451 e. The number of amides is 1. The standard InChI is InChI=1S/C18H24N4O4/c1-3-18(19,12(2)23)17(25)26-15-5-4-10-22(16(15)24)14-8-6-13(7-9-14)11-21-20/h6-9,11,15H,3-5,10,19-20H2,1-2H3. The summed E-state index contributed by atoms with van der Waals surface area (Å²) in [5, 5.41) is 3.45. The number of ether oxygens (including phenoxy) is 1. The molecule has 0 aromatic heterocycles. The van der Waals surface area contributed by atoms with Gasteiger partial charge in [0.1, 0.15) is 0 Å². The van der Waals surface area contributed by atoms with Crippen molar-refractivity contribution in [3.05, 3.63) is 29.8 Å². The first-order chi connectivity index (χ1) is 12.3. The molecule has 26 heavy (non-hydrogen) atoms. The molecule has 0 spiro atoms. The summed E-state index contributed by atoms with van der Waals surface area (Å²) in [7, 11) is 0. The maximum atomic E-state index is 12.7. The molecule has 1 fully saturated rings. The highest BCUT2D eigenvalue weighted by molar-refractivity contribution is 6.08. The lowest BCUT2D eigenvalue weighted by Crippen LogP contribution is -2.57. The summed E-state index contributed by atoms with van der Waals surface area (Å²) >= 11 is 0. The number of hydrazone groups is 1. The van der Waals surface area contributed by atoms with Crippen molar-refractivity contribution in [2.24, 2.45) is 16.7 Å². The van der Waals surface area contributed by atoms with Crippen LogP contribution in [0.3, 0.4) is 0 Å². The number of carbonyl (C=O) groups excluding carboxylic acids is 3. The van der Waals surface area contributed by atoms with Gasteiger partial charge in [-0.25, -0.2) is 4.79 Å². The Hall–Kier alpha value is -2.74. The van der Waals surface area contributed by atoms with Crippen LogP contribution in [-0.4, -0.2) is 42.1 Å². The molecule has 0 radical (unpaired) electrons. The highest BCUT2D eigenvalue weighted by atomic mass is 16.6.